The smallest absolute Gasteiger partial charge is 0.194 e. The van der Waals surface area contributed by atoms with Gasteiger partial charge in [0.1, 0.15) is 0 Å². The van der Waals surface area contributed by atoms with Crippen LogP contribution in [0.15, 0.2) is 60.7 Å². The Morgan fingerprint density at radius 2 is 1.30 bits per heavy atom. The Morgan fingerprint density at radius 1 is 0.697 bits per heavy atom. The van der Waals surface area contributed by atoms with Crippen molar-refractivity contribution in [2.45, 2.75) is 31.6 Å². The Kier molecular flexibility index (Phi) is 4.85. The summed E-state index contributed by atoms with van der Waals surface area (Å²) in [5.41, 5.74) is -1.86. The fourth-order valence-corrected chi connectivity index (χ4v) is 6.65. The zero-order valence-electron chi connectivity index (χ0n) is 17.4. The SMILES string of the molecule is Cc1cc(-c2ccccc2)sc1C1=C(c2c(C)sc3ccccc23)C(F)(F)C(F)(F)C1(F)F. The Bertz CT molecular complexity index is 1410. The van der Waals surface area contributed by atoms with Crippen LogP contribution in [0.2, 0.25) is 0 Å². The number of thiophene rings is 2. The average Bonchev–Trinajstić information content (AvgIpc) is 3.33. The van der Waals surface area contributed by atoms with Crippen molar-refractivity contribution in [2.24, 2.45) is 0 Å². The fraction of sp³-hybridized carbons (Fsp3) is 0.200. The van der Waals surface area contributed by atoms with E-state index in [1.807, 2.05) is 0 Å². The molecular formula is C25H16F6S2. The number of hydrogen-bond donors (Lipinski definition) is 0. The molecule has 5 rings (SSSR count). The minimum atomic E-state index is -5.57. The second kappa shape index (κ2) is 7.21. The summed E-state index contributed by atoms with van der Waals surface area (Å²) in [6.45, 7) is 2.97. The largest absolute Gasteiger partial charge is 0.380 e. The van der Waals surface area contributed by atoms with Crippen molar-refractivity contribution in [2.75, 3.05) is 0 Å². The molecule has 4 aromatic rings. The topological polar surface area (TPSA) is 0 Å². The summed E-state index contributed by atoms with van der Waals surface area (Å²) in [6, 6.07) is 16.8. The molecule has 1 aliphatic carbocycles. The van der Waals surface area contributed by atoms with Crippen molar-refractivity contribution in [3.05, 3.63) is 81.5 Å². The molecule has 33 heavy (non-hydrogen) atoms. The summed E-state index contributed by atoms with van der Waals surface area (Å²) in [7, 11) is 0. The monoisotopic (exact) mass is 494 g/mol. The highest BCUT2D eigenvalue weighted by molar-refractivity contribution is 7.19. The molecule has 2 aromatic heterocycles. The van der Waals surface area contributed by atoms with Crippen molar-refractivity contribution >= 4 is 43.9 Å². The van der Waals surface area contributed by atoms with Gasteiger partial charge in [-0.05, 0) is 37.1 Å². The highest BCUT2D eigenvalue weighted by Crippen LogP contribution is 2.66. The summed E-state index contributed by atoms with van der Waals surface area (Å²) < 4.78 is 91.1. The van der Waals surface area contributed by atoms with E-state index in [4.69, 9.17) is 0 Å². The van der Waals surface area contributed by atoms with Crippen LogP contribution in [0, 0.1) is 13.8 Å². The zero-order valence-corrected chi connectivity index (χ0v) is 19.0. The van der Waals surface area contributed by atoms with Gasteiger partial charge in [-0.2, -0.15) is 26.3 Å². The predicted molar refractivity (Wildman–Crippen MR) is 123 cm³/mol. The Balaban J connectivity index is 1.88. The Hall–Kier alpha value is -2.58. The first-order valence-electron chi connectivity index (χ1n) is 10.0. The maximum absolute atomic E-state index is 15.3. The van der Waals surface area contributed by atoms with Gasteiger partial charge < -0.3 is 0 Å². The molecule has 0 fully saturated rings. The second-order valence-corrected chi connectivity index (χ2v) is 10.3. The molecule has 0 aliphatic heterocycles. The van der Waals surface area contributed by atoms with Gasteiger partial charge >= 0.3 is 17.8 Å². The molecule has 0 saturated carbocycles. The van der Waals surface area contributed by atoms with Crippen LogP contribution in [-0.4, -0.2) is 17.8 Å². The lowest BCUT2D eigenvalue weighted by Gasteiger charge is -2.25. The molecule has 0 amide bonds. The number of allylic oxidation sites excluding steroid dienone is 2. The molecule has 0 N–H and O–H groups in total. The van der Waals surface area contributed by atoms with E-state index >= 15 is 17.6 Å². The van der Waals surface area contributed by atoms with E-state index in [0.717, 1.165) is 22.7 Å². The van der Waals surface area contributed by atoms with E-state index in [-0.39, 0.29) is 26.3 Å². The molecule has 0 saturated heterocycles. The van der Waals surface area contributed by atoms with Gasteiger partial charge in [0.25, 0.3) is 0 Å². The molecule has 0 atom stereocenters. The van der Waals surface area contributed by atoms with Gasteiger partial charge in [-0.15, -0.1) is 22.7 Å². The summed E-state index contributed by atoms with van der Waals surface area (Å²) in [6.07, 6.45) is 0. The van der Waals surface area contributed by atoms with E-state index in [1.54, 1.807) is 54.6 Å². The van der Waals surface area contributed by atoms with Crippen LogP contribution in [0.1, 0.15) is 20.9 Å². The number of hydrogen-bond acceptors (Lipinski definition) is 2. The summed E-state index contributed by atoms with van der Waals surface area (Å²) in [5.74, 6) is -15.7. The maximum atomic E-state index is 15.3. The van der Waals surface area contributed by atoms with Crippen LogP contribution in [0.4, 0.5) is 26.3 Å². The van der Waals surface area contributed by atoms with Crippen molar-refractivity contribution in [1.82, 2.24) is 0 Å². The van der Waals surface area contributed by atoms with Crippen LogP contribution in [0.5, 0.6) is 0 Å². The number of rotatable bonds is 3. The zero-order chi connectivity index (χ0) is 23.8. The van der Waals surface area contributed by atoms with Crippen LogP contribution in [-0.2, 0) is 0 Å². The van der Waals surface area contributed by atoms with Gasteiger partial charge in [-0.3, -0.25) is 0 Å². The third-order valence-corrected chi connectivity index (χ3v) is 8.28. The van der Waals surface area contributed by atoms with Crippen LogP contribution in [0.3, 0.4) is 0 Å². The van der Waals surface area contributed by atoms with Crippen LogP contribution in [0.25, 0.3) is 31.7 Å². The minimum absolute atomic E-state index is 0.235. The van der Waals surface area contributed by atoms with Crippen LogP contribution >= 0.6 is 22.7 Å². The maximum Gasteiger partial charge on any atom is 0.380 e. The van der Waals surface area contributed by atoms with Crippen molar-refractivity contribution in [3.8, 4) is 10.4 Å². The van der Waals surface area contributed by atoms with E-state index in [1.165, 1.54) is 19.9 Å². The van der Waals surface area contributed by atoms with E-state index in [9.17, 15) is 8.78 Å². The third kappa shape index (κ3) is 2.96. The minimum Gasteiger partial charge on any atom is -0.194 e. The third-order valence-electron chi connectivity index (χ3n) is 5.89. The molecular weight excluding hydrogens is 478 g/mol. The lowest BCUT2D eigenvalue weighted by atomic mass is 9.95. The van der Waals surface area contributed by atoms with Gasteiger partial charge in [0.15, 0.2) is 0 Å². The van der Waals surface area contributed by atoms with Crippen LogP contribution < -0.4 is 0 Å². The number of benzene rings is 2. The molecule has 2 aromatic carbocycles. The second-order valence-electron chi connectivity index (χ2n) is 7.99. The van der Waals surface area contributed by atoms with E-state index < -0.39 is 28.9 Å². The first kappa shape index (κ1) is 22.2. The highest BCUT2D eigenvalue weighted by atomic mass is 32.1. The quantitative estimate of drug-likeness (QED) is 0.249. The van der Waals surface area contributed by atoms with Gasteiger partial charge in [0.05, 0.1) is 5.57 Å². The molecule has 170 valence electrons. The number of fused-ring (bicyclic) bond motifs is 1. The molecule has 0 nitrogen and oxygen atoms in total. The Morgan fingerprint density at radius 3 is 2.00 bits per heavy atom. The summed E-state index contributed by atoms with van der Waals surface area (Å²) in [5, 5.41) is 0.262. The van der Waals surface area contributed by atoms with Crippen molar-refractivity contribution < 1.29 is 26.3 Å². The lowest BCUT2D eigenvalue weighted by Crippen LogP contribution is -2.48. The normalized spacial score (nSPS) is 18.9. The molecule has 0 bridgehead atoms. The van der Waals surface area contributed by atoms with Gasteiger partial charge in [-0.25, -0.2) is 0 Å². The molecule has 8 heteroatoms. The summed E-state index contributed by atoms with van der Waals surface area (Å²) >= 11 is 1.94. The molecule has 0 radical (unpaired) electrons. The highest BCUT2D eigenvalue weighted by Gasteiger charge is 2.80. The molecule has 0 spiro atoms. The number of alkyl halides is 6. The van der Waals surface area contributed by atoms with Gasteiger partial charge in [0.2, 0.25) is 0 Å². The standard InChI is InChI=1S/C25H16F6S2/c1-13-12-18(15-8-4-3-5-9-15)33-22(13)21-20(23(26,27)25(30,31)24(21,28)29)19-14(2)32-17-11-7-6-10-16(17)19/h3-12H,1-2H3. The first-order valence-corrected chi connectivity index (χ1v) is 11.6. The average molecular weight is 495 g/mol. The van der Waals surface area contributed by atoms with E-state index in [0.29, 0.717) is 15.1 Å². The van der Waals surface area contributed by atoms with Crippen molar-refractivity contribution in [1.29, 1.82) is 0 Å². The molecule has 1 aliphatic rings. The first-order chi connectivity index (χ1) is 15.5. The number of halogens is 6. The fourth-order valence-electron chi connectivity index (χ4n) is 4.32. The Labute approximate surface area is 193 Å². The summed E-state index contributed by atoms with van der Waals surface area (Å²) in [4.78, 5) is 0.575. The predicted octanol–water partition coefficient (Wildman–Crippen LogP) is 9.08. The van der Waals surface area contributed by atoms with Gasteiger partial charge in [0, 0.05) is 35.9 Å². The van der Waals surface area contributed by atoms with E-state index in [2.05, 4.69) is 0 Å². The lowest BCUT2D eigenvalue weighted by molar-refractivity contribution is -0.254. The number of aryl methyl sites for hydroxylation is 2. The van der Waals surface area contributed by atoms with Crippen molar-refractivity contribution in [3.63, 3.8) is 0 Å². The molecule has 0 unspecified atom stereocenters. The molecule has 2 heterocycles. The van der Waals surface area contributed by atoms with Gasteiger partial charge in [-0.1, -0.05) is 48.5 Å².